The molecule has 0 aromatic rings. The van der Waals surface area contributed by atoms with E-state index in [9.17, 15) is 9.90 Å². The number of hydrogen-bond donors (Lipinski definition) is 3. The lowest BCUT2D eigenvalue weighted by atomic mass is 10.0. The number of rotatable bonds is 11. The molecule has 0 spiro atoms. The Morgan fingerprint density at radius 2 is 1.55 bits per heavy atom. The fraction of sp³-hybridized carbons (Fsp3) is 0.867. The van der Waals surface area contributed by atoms with Crippen LogP contribution in [0.1, 0.15) is 64.7 Å². The van der Waals surface area contributed by atoms with Crippen LogP contribution in [0, 0.1) is 5.41 Å². The SMILES string of the molecule is CCCCCCCCCCC(C(=O)O)[N+](C)(C)C(=N)N. The summed E-state index contributed by atoms with van der Waals surface area (Å²) in [7, 11) is 3.37. The molecule has 0 radical (unpaired) electrons. The molecule has 118 valence electrons. The van der Waals surface area contributed by atoms with E-state index >= 15 is 0 Å². The average Bonchev–Trinajstić information content (AvgIpc) is 2.35. The van der Waals surface area contributed by atoms with Crippen LogP contribution in [0.4, 0.5) is 0 Å². The maximum Gasteiger partial charge on any atom is 0.363 e. The second kappa shape index (κ2) is 9.75. The molecule has 5 nitrogen and oxygen atoms in total. The summed E-state index contributed by atoms with van der Waals surface area (Å²) >= 11 is 0. The van der Waals surface area contributed by atoms with Crippen LogP contribution in [-0.4, -0.2) is 41.7 Å². The first-order chi connectivity index (χ1) is 9.34. The third-order valence-corrected chi connectivity index (χ3v) is 4.02. The van der Waals surface area contributed by atoms with Crippen molar-refractivity contribution in [3.63, 3.8) is 0 Å². The summed E-state index contributed by atoms with van der Waals surface area (Å²) in [6.45, 7) is 2.21. The number of nitrogens with one attached hydrogen (secondary N) is 1. The number of nitrogens with zero attached hydrogens (tertiary/aromatic N) is 1. The molecule has 0 aliphatic carbocycles. The Bertz CT molecular complexity index is 303. The van der Waals surface area contributed by atoms with Gasteiger partial charge in [0.15, 0.2) is 6.04 Å². The molecular weight excluding hydrogens is 254 g/mol. The Balaban J connectivity index is 3.95. The fourth-order valence-electron chi connectivity index (χ4n) is 2.36. The van der Waals surface area contributed by atoms with Crippen molar-refractivity contribution in [2.45, 2.75) is 70.8 Å². The summed E-state index contributed by atoms with van der Waals surface area (Å²) in [5.74, 6) is -0.967. The van der Waals surface area contributed by atoms with Gasteiger partial charge in [-0.2, -0.15) is 0 Å². The Kier molecular flexibility index (Phi) is 9.21. The van der Waals surface area contributed by atoms with E-state index in [1.165, 1.54) is 38.5 Å². The molecule has 20 heavy (non-hydrogen) atoms. The molecule has 0 saturated carbocycles. The van der Waals surface area contributed by atoms with Crippen molar-refractivity contribution >= 4 is 11.9 Å². The minimum Gasteiger partial charge on any atom is -0.477 e. The Labute approximate surface area is 123 Å². The number of carbonyl (C=O) groups is 1. The highest BCUT2D eigenvalue weighted by Gasteiger charge is 2.37. The number of hydrogen-bond acceptors (Lipinski definition) is 2. The van der Waals surface area contributed by atoms with Gasteiger partial charge in [-0.25, -0.2) is 10.2 Å². The van der Waals surface area contributed by atoms with Crippen LogP contribution in [0.5, 0.6) is 0 Å². The van der Waals surface area contributed by atoms with Crippen LogP contribution in [0.2, 0.25) is 0 Å². The lowest BCUT2D eigenvalue weighted by Crippen LogP contribution is -2.59. The smallest absolute Gasteiger partial charge is 0.363 e. The van der Waals surface area contributed by atoms with Gasteiger partial charge < -0.3 is 10.8 Å². The first kappa shape index (κ1) is 18.9. The topological polar surface area (TPSA) is 87.2 Å². The number of nitrogens with two attached hydrogens (primary N) is 1. The van der Waals surface area contributed by atoms with Crippen molar-refractivity contribution in [1.29, 1.82) is 5.41 Å². The normalized spacial score (nSPS) is 13.2. The molecule has 0 aliphatic heterocycles. The summed E-state index contributed by atoms with van der Waals surface area (Å²) in [5, 5.41) is 16.8. The first-order valence-corrected chi connectivity index (χ1v) is 7.75. The van der Waals surface area contributed by atoms with Crippen molar-refractivity contribution < 1.29 is 14.4 Å². The summed E-state index contributed by atoms with van der Waals surface area (Å²) in [6, 6.07) is -0.618. The molecule has 0 heterocycles. The van der Waals surface area contributed by atoms with Crippen LogP contribution >= 0.6 is 0 Å². The van der Waals surface area contributed by atoms with Crippen molar-refractivity contribution in [3.8, 4) is 0 Å². The van der Waals surface area contributed by atoms with E-state index in [2.05, 4.69) is 6.92 Å². The molecule has 4 N–H and O–H groups in total. The van der Waals surface area contributed by atoms with E-state index in [1.54, 1.807) is 14.1 Å². The quantitative estimate of drug-likeness (QED) is 0.236. The van der Waals surface area contributed by atoms with Crippen molar-refractivity contribution in [2.75, 3.05) is 14.1 Å². The fourth-order valence-corrected chi connectivity index (χ4v) is 2.36. The molecule has 0 amide bonds. The van der Waals surface area contributed by atoms with Gasteiger partial charge >= 0.3 is 5.97 Å². The predicted octanol–water partition coefficient (Wildman–Crippen LogP) is 2.94. The number of carboxylic acids is 1. The second-order valence-corrected chi connectivity index (χ2v) is 6.04. The molecule has 0 rings (SSSR count). The molecule has 5 heteroatoms. The number of likely N-dealkylation sites (N-methyl/N-ethyl adjacent to an activating group) is 1. The Morgan fingerprint density at radius 1 is 1.10 bits per heavy atom. The lowest BCUT2D eigenvalue weighted by molar-refractivity contribution is -0.820. The zero-order chi connectivity index (χ0) is 15.6. The molecule has 0 saturated heterocycles. The standard InChI is InChI=1S/C15H31N3O2/c1-4-5-6-7-8-9-10-11-12-13(14(19)20)18(2,3)15(16)17/h13H,4-12H2,1-3H3,(H3-,16,17,19,20)/p+1. The predicted molar refractivity (Wildman–Crippen MR) is 82.7 cm³/mol. The molecule has 1 unspecified atom stereocenters. The lowest BCUT2D eigenvalue weighted by Gasteiger charge is -2.32. The zero-order valence-corrected chi connectivity index (χ0v) is 13.3. The maximum absolute atomic E-state index is 11.3. The van der Waals surface area contributed by atoms with Crippen molar-refractivity contribution in [2.24, 2.45) is 5.73 Å². The summed E-state index contributed by atoms with van der Waals surface area (Å²) in [6.07, 6.45) is 10.1. The minimum atomic E-state index is -0.867. The summed E-state index contributed by atoms with van der Waals surface area (Å²) in [4.78, 5) is 11.3. The van der Waals surface area contributed by atoms with Crippen LogP contribution in [0.25, 0.3) is 0 Å². The number of quaternary nitrogens is 1. The van der Waals surface area contributed by atoms with Gasteiger partial charge in [0.1, 0.15) is 0 Å². The van der Waals surface area contributed by atoms with Gasteiger partial charge in [0.2, 0.25) is 0 Å². The van der Waals surface area contributed by atoms with Gasteiger partial charge in [-0.15, -0.1) is 0 Å². The van der Waals surface area contributed by atoms with Crippen LogP contribution in [-0.2, 0) is 4.79 Å². The highest BCUT2D eigenvalue weighted by atomic mass is 16.4. The largest absolute Gasteiger partial charge is 0.477 e. The summed E-state index contributed by atoms with van der Waals surface area (Å²) < 4.78 is -0.0637. The highest BCUT2D eigenvalue weighted by Crippen LogP contribution is 2.16. The van der Waals surface area contributed by atoms with E-state index in [4.69, 9.17) is 11.1 Å². The molecule has 0 aromatic heterocycles. The number of carboxylic acid groups (broad SMARTS) is 1. The first-order valence-electron chi connectivity index (χ1n) is 7.75. The van der Waals surface area contributed by atoms with Crippen molar-refractivity contribution in [1.82, 2.24) is 0 Å². The molecule has 0 aliphatic rings. The van der Waals surface area contributed by atoms with Gasteiger partial charge in [0.05, 0.1) is 14.1 Å². The Hall–Kier alpha value is -1.10. The minimum absolute atomic E-state index is 0.0637. The van der Waals surface area contributed by atoms with Crippen LogP contribution in [0.15, 0.2) is 0 Å². The van der Waals surface area contributed by atoms with Crippen LogP contribution in [0.3, 0.4) is 0 Å². The molecule has 0 fully saturated rings. The van der Waals surface area contributed by atoms with E-state index in [1.807, 2.05) is 0 Å². The van der Waals surface area contributed by atoms with Gasteiger partial charge in [-0.05, 0) is 6.42 Å². The van der Waals surface area contributed by atoms with Crippen LogP contribution < -0.4 is 5.73 Å². The van der Waals surface area contributed by atoms with Gasteiger partial charge in [0, 0.05) is 6.42 Å². The molecule has 0 aromatic carbocycles. The van der Waals surface area contributed by atoms with Gasteiger partial charge in [0.25, 0.3) is 5.96 Å². The highest BCUT2D eigenvalue weighted by molar-refractivity contribution is 5.76. The third kappa shape index (κ3) is 6.89. The van der Waals surface area contributed by atoms with Gasteiger partial charge in [-0.3, -0.25) is 4.48 Å². The second-order valence-electron chi connectivity index (χ2n) is 6.04. The number of guanidine groups is 1. The van der Waals surface area contributed by atoms with E-state index < -0.39 is 12.0 Å². The molecule has 0 bridgehead atoms. The van der Waals surface area contributed by atoms with E-state index in [0.29, 0.717) is 6.42 Å². The molecule has 1 atom stereocenters. The Morgan fingerprint density at radius 3 is 1.95 bits per heavy atom. The molecular formula is C15H32N3O2+. The third-order valence-electron chi connectivity index (χ3n) is 4.02. The number of unbranched alkanes of at least 4 members (excludes halogenated alkanes) is 7. The average molecular weight is 286 g/mol. The van der Waals surface area contributed by atoms with Crippen molar-refractivity contribution in [3.05, 3.63) is 0 Å². The van der Waals surface area contributed by atoms with E-state index in [-0.39, 0.29) is 10.4 Å². The monoisotopic (exact) mass is 286 g/mol. The maximum atomic E-state index is 11.3. The van der Waals surface area contributed by atoms with Gasteiger partial charge in [-0.1, -0.05) is 51.9 Å². The summed E-state index contributed by atoms with van der Waals surface area (Å²) in [5.41, 5.74) is 5.50. The number of aliphatic carboxylic acids is 1. The zero-order valence-electron chi connectivity index (χ0n) is 13.3. The van der Waals surface area contributed by atoms with E-state index in [0.717, 1.165) is 12.8 Å².